The molecule has 1 aliphatic rings. The van der Waals surface area contributed by atoms with E-state index >= 15 is 0 Å². The smallest absolute Gasteiger partial charge is 0.127 e. The first kappa shape index (κ1) is 11.6. The van der Waals surface area contributed by atoms with Crippen LogP contribution < -0.4 is 4.74 Å². The van der Waals surface area contributed by atoms with Gasteiger partial charge in [0.05, 0.1) is 6.10 Å². The lowest BCUT2D eigenvalue weighted by molar-refractivity contribution is 0.0657. The van der Waals surface area contributed by atoms with Gasteiger partial charge in [-0.25, -0.2) is 0 Å². The van der Waals surface area contributed by atoms with Crippen molar-refractivity contribution in [3.8, 4) is 5.75 Å². The first-order valence-corrected chi connectivity index (χ1v) is 6.31. The van der Waals surface area contributed by atoms with Crippen LogP contribution in [0.3, 0.4) is 0 Å². The number of ether oxygens (including phenoxy) is 1. The maximum atomic E-state index is 10.1. The highest BCUT2D eigenvalue weighted by molar-refractivity contribution is 6.30. The van der Waals surface area contributed by atoms with Crippen molar-refractivity contribution < 1.29 is 9.84 Å². The third-order valence-electron chi connectivity index (χ3n) is 3.23. The van der Waals surface area contributed by atoms with Crippen LogP contribution in [0.15, 0.2) is 48.5 Å². The molecule has 18 heavy (non-hydrogen) atoms. The zero-order valence-corrected chi connectivity index (χ0v) is 10.5. The largest absolute Gasteiger partial charge is 0.485 e. The number of aliphatic hydroxyl groups excluding tert-OH is 1. The number of benzene rings is 2. The minimum atomic E-state index is -0.476. The van der Waals surface area contributed by atoms with Gasteiger partial charge in [-0.15, -0.1) is 0 Å². The SMILES string of the molecule is O[C@H]1C[C@H](c2ccc(Cl)cc2)Oc2ccccc21. The first-order chi connectivity index (χ1) is 8.74. The van der Waals surface area contributed by atoms with E-state index < -0.39 is 6.10 Å². The van der Waals surface area contributed by atoms with Gasteiger partial charge >= 0.3 is 0 Å². The summed E-state index contributed by atoms with van der Waals surface area (Å²) in [5.41, 5.74) is 1.90. The molecule has 2 aromatic carbocycles. The summed E-state index contributed by atoms with van der Waals surface area (Å²) in [6.07, 6.45) is -0.0265. The fraction of sp³-hybridized carbons (Fsp3) is 0.200. The molecule has 2 aromatic rings. The van der Waals surface area contributed by atoms with Gasteiger partial charge in [0.1, 0.15) is 11.9 Å². The summed E-state index contributed by atoms with van der Waals surface area (Å²) in [6.45, 7) is 0. The van der Waals surface area contributed by atoms with E-state index in [4.69, 9.17) is 16.3 Å². The number of para-hydroxylation sites is 1. The van der Waals surface area contributed by atoms with Gasteiger partial charge < -0.3 is 9.84 Å². The summed E-state index contributed by atoms with van der Waals surface area (Å²) in [7, 11) is 0. The molecule has 0 radical (unpaired) electrons. The molecule has 0 bridgehead atoms. The van der Waals surface area contributed by atoms with Gasteiger partial charge in [-0.1, -0.05) is 41.9 Å². The molecule has 2 nitrogen and oxygen atoms in total. The summed E-state index contributed by atoms with van der Waals surface area (Å²) in [5, 5.41) is 10.8. The quantitative estimate of drug-likeness (QED) is 0.843. The summed E-state index contributed by atoms with van der Waals surface area (Å²) in [6, 6.07) is 15.2. The Hall–Kier alpha value is -1.51. The van der Waals surface area contributed by atoms with Crippen LogP contribution in [-0.2, 0) is 0 Å². The molecule has 0 unspecified atom stereocenters. The van der Waals surface area contributed by atoms with E-state index in [1.54, 1.807) is 0 Å². The normalized spacial score (nSPS) is 22.1. The van der Waals surface area contributed by atoms with E-state index in [0.717, 1.165) is 16.9 Å². The molecule has 92 valence electrons. The second-order valence-corrected chi connectivity index (χ2v) is 4.88. The van der Waals surface area contributed by atoms with E-state index in [1.165, 1.54) is 0 Å². The highest BCUT2D eigenvalue weighted by Crippen LogP contribution is 2.40. The highest BCUT2D eigenvalue weighted by Gasteiger charge is 2.27. The van der Waals surface area contributed by atoms with E-state index in [-0.39, 0.29) is 6.10 Å². The maximum Gasteiger partial charge on any atom is 0.127 e. The van der Waals surface area contributed by atoms with Crippen LogP contribution in [0.5, 0.6) is 5.75 Å². The summed E-state index contributed by atoms with van der Waals surface area (Å²) in [4.78, 5) is 0. The van der Waals surface area contributed by atoms with Crippen LogP contribution in [0.2, 0.25) is 5.02 Å². The van der Waals surface area contributed by atoms with Crippen LogP contribution in [0.4, 0.5) is 0 Å². The van der Waals surface area contributed by atoms with Crippen molar-refractivity contribution in [1.29, 1.82) is 0 Å². The molecule has 0 fully saturated rings. The van der Waals surface area contributed by atoms with Crippen molar-refractivity contribution >= 4 is 11.6 Å². The molecule has 0 aliphatic carbocycles. The topological polar surface area (TPSA) is 29.5 Å². The summed E-state index contributed by atoms with van der Waals surface area (Å²) in [5.74, 6) is 0.760. The monoisotopic (exact) mass is 260 g/mol. The van der Waals surface area contributed by atoms with Crippen molar-refractivity contribution in [3.05, 3.63) is 64.7 Å². The van der Waals surface area contributed by atoms with Gasteiger partial charge in [0.25, 0.3) is 0 Å². The van der Waals surface area contributed by atoms with Gasteiger partial charge in [0.15, 0.2) is 0 Å². The molecule has 0 saturated carbocycles. The highest BCUT2D eigenvalue weighted by atomic mass is 35.5. The Morgan fingerprint density at radius 1 is 1.06 bits per heavy atom. The van der Waals surface area contributed by atoms with Crippen LogP contribution in [0, 0.1) is 0 Å². The molecule has 3 rings (SSSR count). The number of fused-ring (bicyclic) bond motifs is 1. The third-order valence-corrected chi connectivity index (χ3v) is 3.48. The molecule has 1 heterocycles. The van der Waals surface area contributed by atoms with Gasteiger partial charge in [0, 0.05) is 17.0 Å². The van der Waals surface area contributed by atoms with Crippen LogP contribution in [-0.4, -0.2) is 5.11 Å². The summed E-state index contributed by atoms with van der Waals surface area (Å²) >= 11 is 5.87. The molecule has 1 aliphatic heterocycles. The lowest BCUT2D eigenvalue weighted by atomic mass is 9.95. The Balaban J connectivity index is 1.92. The predicted octanol–water partition coefficient (Wildman–Crippen LogP) is 3.90. The van der Waals surface area contributed by atoms with E-state index in [1.807, 2.05) is 48.5 Å². The fourth-order valence-electron chi connectivity index (χ4n) is 2.28. The van der Waals surface area contributed by atoms with Crippen molar-refractivity contribution in [1.82, 2.24) is 0 Å². The standard InChI is InChI=1S/C15H13ClO2/c16-11-7-5-10(6-8-11)15-9-13(17)12-3-1-2-4-14(12)18-15/h1-8,13,15,17H,9H2/t13-,15+/m0/s1. The molecule has 0 amide bonds. The molecular formula is C15H13ClO2. The molecule has 0 saturated heterocycles. The number of hydrogen-bond acceptors (Lipinski definition) is 2. The molecule has 0 aromatic heterocycles. The lowest BCUT2D eigenvalue weighted by Gasteiger charge is -2.29. The van der Waals surface area contributed by atoms with Crippen molar-refractivity contribution in [2.75, 3.05) is 0 Å². The molecule has 1 N–H and O–H groups in total. The van der Waals surface area contributed by atoms with Crippen molar-refractivity contribution in [2.24, 2.45) is 0 Å². The van der Waals surface area contributed by atoms with Crippen molar-refractivity contribution in [3.63, 3.8) is 0 Å². The second-order valence-electron chi connectivity index (χ2n) is 4.45. The summed E-state index contributed by atoms with van der Waals surface area (Å²) < 4.78 is 5.93. The second kappa shape index (κ2) is 4.63. The van der Waals surface area contributed by atoms with Crippen molar-refractivity contribution in [2.45, 2.75) is 18.6 Å². The Labute approximate surface area is 111 Å². The van der Waals surface area contributed by atoms with Crippen LogP contribution in [0.1, 0.15) is 29.8 Å². The van der Waals surface area contributed by atoms with E-state index in [2.05, 4.69) is 0 Å². The molecule has 2 atom stereocenters. The number of aliphatic hydroxyl groups is 1. The van der Waals surface area contributed by atoms with E-state index in [9.17, 15) is 5.11 Å². The third kappa shape index (κ3) is 2.09. The zero-order chi connectivity index (χ0) is 12.5. The van der Waals surface area contributed by atoms with E-state index in [0.29, 0.717) is 11.4 Å². The Kier molecular flexibility index (Phi) is 2.98. The molecule has 3 heteroatoms. The number of hydrogen-bond donors (Lipinski definition) is 1. The Bertz CT molecular complexity index is 551. The van der Waals surface area contributed by atoms with Crippen LogP contribution in [0.25, 0.3) is 0 Å². The molecule has 0 spiro atoms. The maximum absolute atomic E-state index is 10.1. The predicted molar refractivity (Wildman–Crippen MR) is 70.8 cm³/mol. The van der Waals surface area contributed by atoms with Gasteiger partial charge in [0.2, 0.25) is 0 Å². The van der Waals surface area contributed by atoms with Crippen LogP contribution >= 0.6 is 11.6 Å². The zero-order valence-electron chi connectivity index (χ0n) is 9.71. The minimum absolute atomic E-state index is 0.118. The fourth-order valence-corrected chi connectivity index (χ4v) is 2.40. The Morgan fingerprint density at radius 2 is 1.78 bits per heavy atom. The average Bonchev–Trinajstić information content (AvgIpc) is 2.39. The Morgan fingerprint density at radius 3 is 2.56 bits per heavy atom. The lowest BCUT2D eigenvalue weighted by Crippen LogP contribution is -2.18. The van der Waals surface area contributed by atoms with Gasteiger partial charge in [-0.3, -0.25) is 0 Å². The number of halogens is 1. The first-order valence-electron chi connectivity index (χ1n) is 5.93. The minimum Gasteiger partial charge on any atom is -0.485 e. The van der Waals surface area contributed by atoms with Gasteiger partial charge in [-0.05, 0) is 23.8 Å². The molecular weight excluding hydrogens is 248 g/mol. The number of rotatable bonds is 1. The average molecular weight is 261 g/mol. The van der Waals surface area contributed by atoms with Gasteiger partial charge in [-0.2, -0.15) is 0 Å².